The van der Waals surface area contributed by atoms with Crippen LogP contribution < -0.4 is 11.5 Å². The van der Waals surface area contributed by atoms with Crippen molar-refractivity contribution in [3.63, 3.8) is 0 Å². The number of rotatable bonds is 1. The third-order valence-electron chi connectivity index (χ3n) is 0.365. The molecular formula is C4H11ClN4. The summed E-state index contributed by atoms with van der Waals surface area (Å²) in [6.45, 7) is 3.62. The topological polar surface area (TPSA) is 76.8 Å². The van der Waals surface area contributed by atoms with Crippen molar-refractivity contribution >= 4 is 24.1 Å². The van der Waals surface area contributed by atoms with Gasteiger partial charge in [0.05, 0.1) is 0 Å². The van der Waals surface area contributed by atoms with Crippen LogP contribution in [0.5, 0.6) is 0 Å². The summed E-state index contributed by atoms with van der Waals surface area (Å²) in [6.07, 6.45) is 0. The highest BCUT2D eigenvalue weighted by Gasteiger charge is 1.74. The van der Waals surface area contributed by atoms with E-state index in [0.29, 0.717) is 0 Å². The molecule has 0 aromatic heterocycles. The number of halogens is 1. The van der Waals surface area contributed by atoms with E-state index in [9.17, 15) is 0 Å². The smallest absolute Gasteiger partial charge is 0.211 e. The van der Waals surface area contributed by atoms with Gasteiger partial charge in [0.15, 0.2) is 0 Å². The average Bonchev–Trinajstić information content (AvgIpc) is 1.61. The Morgan fingerprint density at radius 3 is 1.67 bits per heavy atom. The molecule has 0 unspecified atom stereocenters. The van der Waals surface area contributed by atoms with Crippen molar-refractivity contribution in [2.45, 2.75) is 13.8 Å². The second-order valence-electron chi connectivity index (χ2n) is 1.57. The minimum absolute atomic E-state index is 0. The van der Waals surface area contributed by atoms with E-state index in [1.54, 1.807) is 0 Å². The number of hydrogen-bond donors (Lipinski definition) is 2. The zero-order valence-electron chi connectivity index (χ0n) is 5.46. The Hall–Kier alpha value is -0.770. The van der Waals surface area contributed by atoms with Crippen molar-refractivity contribution in [3.8, 4) is 0 Å². The van der Waals surface area contributed by atoms with E-state index < -0.39 is 0 Å². The summed E-state index contributed by atoms with van der Waals surface area (Å²) in [7, 11) is 0. The quantitative estimate of drug-likeness (QED) is 0.316. The highest BCUT2D eigenvalue weighted by Crippen LogP contribution is 1.73. The van der Waals surface area contributed by atoms with Gasteiger partial charge in [0, 0.05) is 5.71 Å². The van der Waals surface area contributed by atoms with Crippen LogP contribution in [0.3, 0.4) is 0 Å². The fourth-order valence-electron chi connectivity index (χ4n) is 0.158. The Bertz CT molecular complexity index is 105. The molecule has 0 aliphatic heterocycles. The summed E-state index contributed by atoms with van der Waals surface area (Å²) >= 11 is 0. The van der Waals surface area contributed by atoms with Crippen LogP contribution in [-0.2, 0) is 0 Å². The van der Waals surface area contributed by atoms with Gasteiger partial charge in [-0.2, -0.15) is 5.10 Å². The van der Waals surface area contributed by atoms with Gasteiger partial charge >= 0.3 is 0 Å². The van der Waals surface area contributed by atoms with Crippen LogP contribution in [0.15, 0.2) is 10.2 Å². The summed E-state index contributed by atoms with van der Waals surface area (Å²) in [5.41, 5.74) is 10.8. The molecule has 0 heterocycles. The molecule has 0 rings (SSSR count). The van der Waals surface area contributed by atoms with Crippen LogP contribution in [0.2, 0.25) is 0 Å². The van der Waals surface area contributed by atoms with Gasteiger partial charge < -0.3 is 11.5 Å². The second-order valence-corrected chi connectivity index (χ2v) is 1.57. The van der Waals surface area contributed by atoms with Crippen molar-refractivity contribution in [1.82, 2.24) is 0 Å². The first-order chi connectivity index (χ1) is 3.63. The molecule has 4 N–H and O–H groups in total. The summed E-state index contributed by atoms with van der Waals surface area (Å²) in [4.78, 5) is 0. The Balaban J connectivity index is 0. The highest BCUT2D eigenvalue weighted by atomic mass is 35.5. The molecule has 9 heavy (non-hydrogen) atoms. The van der Waals surface area contributed by atoms with Gasteiger partial charge in [-0.25, -0.2) is 0 Å². The second kappa shape index (κ2) is 5.37. The van der Waals surface area contributed by atoms with Crippen LogP contribution in [0.25, 0.3) is 0 Å². The predicted octanol–water partition coefficient (Wildman–Crippen LogP) is 0.0774. The van der Waals surface area contributed by atoms with Crippen molar-refractivity contribution in [3.05, 3.63) is 0 Å². The molecule has 0 atom stereocenters. The number of hydrogen-bond acceptors (Lipinski definition) is 2. The fraction of sp³-hybridized carbons (Fsp3) is 0.500. The van der Waals surface area contributed by atoms with E-state index in [2.05, 4.69) is 10.2 Å². The van der Waals surface area contributed by atoms with Crippen LogP contribution in [0.4, 0.5) is 0 Å². The maximum atomic E-state index is 4.96. The molecule has 0 bridgehead atoms. The first-order valence-corrected chi connectivity index (χ1v) is 2.22. The van der Waals surface area contributed by atoms with Crippen molar-refractivity contribution < 1.29 is 0 Å². The first kappa shape index (κ1) is 11.1. The normalized spacial score (nSPS) is 6.89. The van der Waals surface area contributed by atoms with Crippen LogP contribution in [-0.4, -0.2) is 11.7 Å². The third kappa shape index (κ3) is 11.1. The first-order valence-electron chi connectivity index (χ1n) is 2.22. The zero-order valence-corrected chi connectivity index (χ0v) is 6.27. The van der Waals surface area contributed by atoms with Gasteiger partial charge in [-0.3, -0.25) is 0 Å². The van der Waals surface area contributed by atoms with E-state index in [1.807, 2.05) is 13.8 Å². The van der Waals surface area contributed by atoms with E-state index in [-0.39, 0.29) is 18.4 Å². The number of nitrogens with zero attached hydrogens (tertiary/aromatic N) is 2. The average molecular weight is 151 g/mol. The summed E-state index contributed by atoms with van der Waals surface area (Å²) < 4.78 is 0. The lowest BCUT2D eigenvalue weighted by atomic mass is 10.5. The molecule has 0 spiro atoms. The predicted molar refractivity (Wildman–Crippen MR) is 41.8 cm³/mol. The fourth-order valence-corrected chi connectivity index (χ4v) is 0.158. The molecule has 4 nitrogen and oxygen atoms in total. The Labute approximate surface area is 60.4 Å². The molecule has 0 fully saturated rings. The molecular weight excluding hydrogens is 140 g/mol. The minimum Gasteiger partial charge on any atom is -0.369 e. The van der Waals surface area contributed by atoms with E-state index in [4.69, 9.17) is 11.5 Å². The minimum atomic E-state index is -0.00815. The Morgan fingerprint density at radius 2 is 1.56 bits per heavy atom. The third-order valence-corrected chi connectivity index (χ3v) is 0.365. The lowest BCUT2D eigenvalue weighted by molar-refractivity contribution is 1.19. The zero-order chi connectivity index (χ0) is 6.57. The van der Waals surface area contributed by atoms with Crippen molar-refractivity contribution in [1.29, 1.82) is 0 Å². The molecule has 54 valence electrons. The summed E-state index contributed by atoms with van der Waals surface area (Å²) in [5.74, 6) is -0.00815. The highest BCUT2D eigenvalue weighted by molar-refractivity contribution is 5.85. The van der Waals surface area contributed by atoms with Crippen LogP contribution in [0.1, 0.15) is 13.8 Å². The largest absolute Gasteiger partial charge is 0.369 e. The van der Waals surface area contributed by atoms with Crippen molar-refractivity contribution in [2.75, 3.05) is 0 Å². The number of nitrogens with two attached hydrogens (primary N) is 2. The van der Waals surface area contributed by atoms with E-state index >= 15 is 0 Å². The standard InChI is InChI=1S/C4H10N4.ClH/c1-3(2)7-8-4(5)6;/h1-2H3,(H4,5,6,8);1H. The van der Waals surface area contributed by atoms with Gasteiger partial charge in [-0.15, -0.1) is 17.5 Å². The van der Waals surface area contributed by atoms with Gasteiger partial charge in [0.2, 0.25) is 5.96 Å². The lowest BCUT2D eigenvalue weighted by Gasteiger charge is -1.83. The van der Waals surface area contributed by atoms with Gasteiger partial charge in [-0.1, -0.05) is 0 Å². The molecule has 0 saturated heterocycles. The number of guanidine groups is 1. The molecule has 0 aliphatic carbocycles. The maximum absolute atomic E-state index is 4.96. The maximum Gasteiger partial charge on any atom is 0.211 e. The Morgan fingerprint density at radius 1 is 1.11 bits per heavy atom. The van der Waals surface area contributed by atoms with Crippen LogP contribution >= 0.6 is 12.4 Å². The van der Waals surface area contributed by atoms with Gasteiger partial charge in [0.1, 0.15) is 0 Å². The monoisotopic (exact) mass is 150 g/mol. The van der Waals surface area contributed by atoms with Crippen molar-refractivity contribution in [2.24, 2.45) is 21.7 Å². The van der Waals surface area contributed by atoms with E-state index in [1.165, 1.54) is 0 Å². The molecule has 0 saturated carbocycles. The van der Waals surface area contributed by atoms with Crippen LogP contribution in [0, 0.1) is 0 Å². The molecule has 0 amide bonds. The summed E-state index contributed by atoms with van der Waals surface area (Å²) in [5, 5.41) is 6.96. The summed E-state index contributed by atoms with van der Waals surface area (Å²) in [6, 6.07) is 0. The van der Waals surface area contributed by atoms with Gasteiger partial charge in [0.25, 0.3) is 0 Å². The lowest BCUT2D eigenvalue weighted by Crippen LogP contribution is -2.21. The molecule has 0 aromatic carbocycles. The van der Waals surface area contributed by atoms with Gasteiger partial charge in [-0.05, 0) is 13.8 Å². The molecule has 0 aromatic rings. The van der Waals surface area contributed by atoms with E-state index in [0.717, 1.165) is 5.71 Å². The molecule has 5 heteroatoms. The molecule has 0 aliphatic rings. The Kier molecular flexibility index (Phi) is 6.61. The molecule has 0 radical (unpaired) electrons. The SMILES string of the molecule is CC(C)=NN=C(N)N.Cl.